The third-order valence-electron chi connectivity index (χ3n) is 4.49. The van der Waals surface area contributed by atoms with Gasteiger partial charge in [0.05, 0.1) is 25.0 Å². The molecule has 0 spiro atoms. The minimum atomic E-state index is -4.71. The van der Waals surface area contributed by atoms with Crippen molar-refractivity contribution in [1.82, 2.24) is 0 Å². The van der Waals surface area contributed by atoms with E-state index in [1.54, 1.807) is 42.5 Å². The summed E-state index contributed by atoms with van der Waals surface area (Å²) in [4.78, 5) is 0.946. The van der Waals surface area contributed by atoms with E-state index in [2.05, 4.69) is 0 Å². The van der Waals surface area contributed by atoms with Crippen molar-refractivity contribution >= 4 is 49.3 Å². The highest BCUT2D eigenvalue weighted by Gasteiger charge is 2.34. The summed E-state index contributed by atoms with van der Waals surface area (Å²) < 4.78 is 40.0. The van der Waals surface area contributed by atoms with Crippen LogP contribution in [-0.2, 0) is 3.74 Å². The predicted octanol–water partition coefficient (Wildman–Crippen LogP) is 3.66. The molecule has 4 rings (SSSR count). The second-order valence-corrected chi connectivity index (χ2v) is 9.97. The number of rotatable bonds is 5. The van der Waals surface area contributed by atoms with Crippen LogP contribution in [0.1, 0.15) is 16.7 Å². The van der Waals surface area contributed by atoms with Gasteiger partial charge in [0, 0.05) is 10.6 Å². The SMILES string of the molecule is [O-][Cl+3]([O-])([O-])OS1=C(c2ccccc2)C(Cl)=C(c2ccc(Cl)cc2)C=C1c1ccccc1. The number of halogens is 3. The first-order valence-electron chi connectivity index (χ1n) is 9.04. The van der Waals surface area contributed by atoms with E-state index >= 15 is 0 Å². The van der Waals surface area contributed by atoms with Crippen LogP contribution in [0.15, 0.2) is 96.0 Å². The Balaban J connectivity index is 2.04. The van der Waals surface area contributed by atoms with E-state index in [0.717, 1.165) is 5.56 Å². The lowest BCUT2D eigenvalue weighted by Crippen LogP contribution is -2.60. The third-order valence-corrected chi connectivity index (χ3v) is 7.93. The van der Waals surface area contributed by atoms with Gasteiger partial charge in [-0.2, -0.15) is 14.0 Å². The largest absolute Gasteiger partial charge is 0.182 e. The van der Waals surface area contributed by atoms with Gasteiger partial charge >= 0.3 is 0 Å². The summed E-state index contributed by atoms with van der Waals surface area (Å²) in [6.45, 7) is 0. The van der Waals surface area contributed by atoms with E-state index in [0.29, 0.717) is 36.5 Å². The number of allylic oxidation sites excluding steroid dienone is 3. The molecule has 1 unspecified atom stereocenters. The van der Waals surface area contributed by atoms with Crippen molar-refractivity contribution in [3.63, 3.8) is 0 Å². The molecular weight excluding hydrogens is 479 g/mol. The summed E-state index contributed by atoms with van der Waals surface area (Å²) in [7, 11) is -6.28. The van der Waals surface area contributed by atoms with Crippen molar-refractivity contribution in [2.45, 2.75) is 0 Å². The molecule has 0 amide bonds. The Morgan fingerprint density at radius 3 is 1.77 bits per heavy atom. The van der Waals surface area contributed by atoms with Gasteiger partial charge in [0.15, 0.2) is 0 Å². The minimum Gasteiger partial charge on any atom is -0.182 e. The zero-order chi connectivity index (χ0) is 22.0. The normalized spacial score (nSPS) is 17.0. The van der Waals surface area contributed by atoms with Gasteiger partial charge in [-0.15, -0.1) is 0 Å². The molecule has 3 aromatic carbocycles. The van der Waals surface area contributed by atoms with Crippen molar-refractivity contribution < 1.29 is 28.0 Å². The lowest BCUT2D eigenvalue weighted by atomic mass is 10.00. The molecule has 8 heteroatoms. The maximum Gasteiger partial charge on any atom is 0.149 e. The van der Waals surface area contributed by atoms with Crippen LogP contribution in [-0.4, -0.2) is 4.86 Å². The van der Waals surface area contributed by atoms with Crippen molar-refractivity contribution in [3.05, 3.63) is 118 Å². The Bertz CT molecular complexity index is 1180. The second-order valence-electron chi connectivity index (χ2n) is 6.51. The fraction of sp³-hybridized carbons (Fsp3) is 0. The van der Waals surface area contributed by atoms with E-state index in [1.807, 2.05) is 48.5 Å². The topological polar surface area (TPSA) is 78.4 Å². The van der Waals surface area contributed by atoms with Gasteiger partial charge in [-0.3, -0.25) is 0 Å². The number of hydrogen-bond acceptors (Lipinski definition) is 4. The Hall–Kier alpha value is -1.93. The van der Waals surface area contributed by atoms with Gasteiger partial charge in [0.2, 0.25) is 0 Å². The smallest absolute Gasteiger partial charge is 0.149 e. The zero-order valence-electron chi connectivity index (χ0n) is 15.8. The maximum atomic E-state index is 11.6. The van der Waals surface area contributed by atoms with Crippen molar-refractivity contribution in [2.75, 3.05) is 0 Å². The maximum absolute atomic E-state index is 11.6. The van der Waals surface area contributed by atoms with Gasteiger partial charge in [-0.25, -0.2) is 0 Å². The Kier molecular flexibility index (Phi) is 6.67. The van der Waals surface area contributed by atoms with Crippen LogP contribution in [0.25, 0.3) is 10.5 Å². The van der Waals surface area contributed by atoms with Crippen LogP contribution in [0.4, 0.5) is 0 Å². The van der Waals surface area contributed by atoms with Crippen molar-refractivity contribution in [2.24, 2.45) is 0 Å². The summed E-state index contributed by atoms with van der Waals surface area (Å²) in [5, 5.41) is 0.880. The Labute approximate surface area is 194 Å². The molecule has 4 nitrogen and oxygen atoms in total. The van der Waals surface area contributed by atoms with Crippen LogP contribution in [0.3, 0.4) is 0 Å². The summed E-state index contributed by atoms with van der Waals surface area (Å²) in [5.74, 6) is 0. The first-order valence-corrected chi connectivity index (χ1v) is 12.2. The van der Waals surface area contributed by atoms with E-state index < -0.39 is 21.0 Å². The van der Waals surface area contributed by atoms with Crippen LogP contribution < -0.4 is 14.0 Å². The molecule has 0 radical (unpaired) electrons. The summed E-state index contributed by atoms with van der Waals surface area (Å²) in [5.41, 5.74) is 2.84. The quantitative estimate of drug-likeness (QED) is 0.508. The average molecular weight is 494 g/mol. The molecule has 1 aliphatic heterocycles. The molecule has 158 valence electrons. The molecule has 1 heterocycles. The molecule has 1 aliphatic rings. The number of benzene rings is 3. The van der Waals surface area contributed by atoms with Crippen molar-refractivity contribution in [1.29, 1.82) is 0 Å². The van der Waals surface area contributed by atoms with Gasteiger partial charge in [-0.1, -0.05) is 96.0 Å². The molecule has 1 atom stereocenters. The zero-order valence-corrected chi connectivity index (χ0v) is 18.9. The summed E-state index contributed by atoms with van der Waals surface area (Å²) in [6.07, 6.45) is 1.76. The summed E-state index contributed by atoms with van der Waals surface area (Å²) in [6, 6.07) is 25.3. The molecular formula is C23H15Cl3O4S. The van der Waals surface area contributed by atoms with Gasteiger partial charge in [0.25, 0.3) is 0 Å². The molecule has 0 bridgehead atoms. The molecule has 0 saturated carbocycles. The molecule has 3 aromatic rings. The van der Waals surface area contributed by atoms with Crippen LogP contribution in [0.2, 0.25) is 5.02 Å². The summed E-state index contributed by atoms with van der Waals surface area (Å²) >= 11 is 12.9. The fourth-order valence-electron chi connectivity index (χ4n) is 3.16. The van der Waals surface area contributed by atoms with Crippen LogP contribution in [0, 0.1) is 10.2 Å². The monoisotopic (exact) mass is 492 g/mol. The highest BCUT2D eigenvalue weighted by Crippen LogP contribution is 2.48. The molecule has 0 aromatic heterocycles. The highest BCUT2D eigenvalue weighted by atomic mass is 35.7. The predicted molar refractivity (Wildman–Crippen MR) is 118 cm³/mol. The Morgan fingerprint density at radius 2 is 1.23 bits per heavy atom. The Morgan fingerprint density at radius 1 is 0.677 bits per heavy atom. The molecule has 0 fully saturated rings. The second kappa shape index (κ2) is 9.28. The molecule has 31 heavy (non-hydrogen) atoms. The van der Waals surface area contributed by atoms with E-state index in [9.17, 15) is 14.0 Å². The first-order chi connectivity index (χ1) is 14.8. The highest BCUT2D eigenvalue weighted by molar-refractivity contribution is 8.20. The van der Waals surface area contributed by atoms with Crippen molar-refractivity contribution in [3.8, 4) is 0 Å². The van der Waals surface area contributed by atoms with Gasteiger partial charge in [-0.05, 0) is 34.9 Å². The average Bonchev–Trinajstić information content (AvgIpc) is 2.75. The molecule has 0 N–H and O–H groups in total. The van der Waals surface area contributed by atoms with E-state index in [4.69, 9.17) is 26.9 Å². The fourth-order valence-corrected chi connectivity index (χ4v) is 6.33. The lowest BCUT2D eigenvalue weighted by molar-refractivity contribution is -1.91. The van der Waals surface area contributed by atoms with E-state index in [1.165, 1.54) is 0 Å². The third kappa shape index (κ3) is 5.12. The van der Waals surface area contributed by atoms with Gasteiger partial charge in [0.1, 0.15) is 14.5 Å². The van der Waals surface area contributed by atoms with E-state index in [-0.39, 0.29) is 0 Å². The van der Waals surface area contributed by atoms with Gasteiger partial charge < -0.3 is 0 Å². The number of hydrogen-bond donors (Lipinski definition) is 0. The first kappa shape index (κ1) is 22.3. The lowest BCUT2D eigenvalue weighted by Gasteiger charge is -2.23. The standard InChI is InChI=1S/C23H15Cl3O4S/c24-19-13-11-16(12-14-19)20-15-21(17-7-3-1-4-8-17)31(30-26(27,28)29)23(22(20)25)18-9-5-2-6-10-18/h1-15H. The van der Waals surface area contributed by atoms with Crippen LogP contribution in [0.5, 0.6) is 0 Å². The van der Waals surface area contributed by atoms with Crippen LogP contribution >= 0.6 is 34.0 Å². The minimum absolute atomic E-state index is 0.301. The molecule has 0 saturated heterocycles. The molecule has 0 aliphatic carbocycles.